The number of hydrogen-bond acceptors (Lipinski definition) is 4. The molecule has 0 saturated carbocycles. The zero-order valence-corrected chi connectivity index (χ0v) is 8.48. The van der Waals surface area contributed by atoms with Gasteiger partial charge in [-0.25, -0.2) is 9.97 Å². The molecule has 0 radical (unpaired) electrons. The molecular weight excluding hydrogens is 192 g/mol. The van der Waals surface area contributed by atoms with E-state index in [1.807, 2.05) is 6.92 Å². The van der Waals surface area contributed by atoms with Gasteiger partial charge in [-0.15, -0.1) is 0 Å². The molecule has 76 valence electrons. The molecule has 0 amide bonds. The topological polar surface area (TPSA) is 63.1 Å². The van der Waals surface area contributed by atoms with E-state index in [1.54, 1.807) is 12.1 Å². The van der Waals surface area contributed by atoms with Crippen molar-refractivity contribution in [3.63, 3.8) is 0 Å². The minimum absolute atomic E-state index is 0.134. The summed E-state index contributed by atoms with van der Waals surface area (Å²) in [5, 5.41) is 10.2. The largest absolute Gasteiger partial charge is 0.508 e. The van der Waals surface area contributed by atoms with Crippen LogP contribution in [0.3, 0.4) is 0 Å². The van der Waals surface area contributed by atoms with Crippen LogP contribution in [-0.4, -0.2) is 20.9 Å². The molecule has 0 fully saturated rings. The van der Waals surface area contributed by atoms with Gasteiger partial charge in [-0.2, -0.15) is 0 Å². The zero-order valence-electron chi connectivity index (χ0n) is 8.48. The summed E-state index contributed by atoms with van der Waals surface area (Å²) in [7, 11) is 0. The summed E-state index contributed by atoms with van der Waals surface area (Å²) < 4.78 is 0. The summed E-state index contributed by atoms with van der Waals surface area (Å²) in [6.45, 7) is 3.23. The van der Waals surface area contributed by atoms with Crippen molar-refractivity contribution in [2.75, 3.05) is 0 Å². The quantitative estimate of drug-likeness (QED) is 0.717. The number of aryl methyl sites for hydroxylation is 1. The third-order valence-electron chi connectivity index (χ3n) is 2.19. The van der Waals surface area contributed by atoms with Crippen LogP contribution in [0.4, 0.5) is 0 Å². The molecule has 0 bridgehead atoms. The molecule has 1 aromatic heterocycles. The van der Waals surface area contributed by atoms with Crippen LogP contribution < -0.4 is 0 Å². The lowest BCUT2D eigenvalue weighted by Crippen LogP contribution is -2.03. The van der Waals surface area contributed by atoms with Crippen molar-refractivity contribution < 1.29 is 9.90 Å². The highest BCUT2D eigenvalue weighted by atomic mass is 16.3. The van der Waals surface area contributed by atoms with Gasteiger partial charge in [-0.1, -0.05) is 0 Å². The molecule has 0 atom stereocenters. The predicted octanol–water partition coefficient (Wildman–Crippen LogP) is 1.85. The number of fused-ring (bicyclic) bond motifs is 1. The molecule has 4 nitrogen and oxygen atoms in total. The highest BCUT2D eigenvalue weighted by Crippen LogP contribution is 2.20. The molecule has 0 aliphatic heterocycles. The van der Waals surface area contributed by atoms with Crippen LogP contribution in [0.5, 0.6) is 5.75 Å². The summed E-state index contributed by atoms with van der Waals surface area (Å²) in [6, 6.07) is 4.84. The van der Waals surface area contributed by atoms with Gasteiger partial charge in [-0.3, -0.25) is 4.79 Å². The Kier molecular flexibility index (Phi) is 2.11. The molecule has 0 unspecified atom stereocenters. The van der Waals surface area contributed by atoms with Crippen LogP contribution in [0.15, 0.2) is 18.2 Å². The Morgan fingerprint density at radius 2 is 2.07 bits per heavy atom. The summed E-state index contributed by atoms with van der Waals surface area (Å²) in [5.74, 6) is 0.143. The van der Waals surface area contributed by atoms with E-state index in [0.717, 1.165) is 11.1 Å². The van der Waals surface area contributed by atoms with E-state index in [-0.39, 0.29) is 17.4 Å². The number of phenolic OH excluding ortho intramolecular Hbond substituents is 1. The Labute approximate surface area is 86.6 Å². The average molecular weight is 202 g/mol. The van der Waals surface area contributed by atoms with Crippen molar-refractivity contribution in [3.05, 3.63) is 29.7 Å². The second-order valence-electron chi connectivity index (χ2n) is 3.39. The van der Waals surface area contributed by atoms with Crippen LogP contribution >= 0.6 is 0 Å². The van der Waals surface area contributed by atoms with Gasteiger partial charge in [0.15, 0.2) is 11.6 Å². The standard InChI is InChI=1S/C11H10N2O2/c1-6-9-4-3-8(15)5-10(9)13-11(12-6)7(2)14/h3-5,15H,1-2H3. The molecular formula is C11H10N2O2. The first-order valence-corrected chi connectivity index (χ1v) is 4.56. The first-order valence-electron chi connectivity index (χ1n) is 4.56. The number of carbonyl (C=O) groups is 1. The van der Waals surface area contributed by atoms with Gasteiger partial charge in [0.05, 0.1) is 5.52 Å². The van der Waals surface area contributed by atoms with Crippen molar-refractivity contribution in [2.24, 2.45) is 0 Å². The zero-order chi connectivity index (χ0) is 11.0. The summed E-state index contributed by atoms with van der Waals surface area (Å²) >= 11 is 0. The fourth-order valence-corrected chi connectivity index (χ4v) is 1.43. The molecule has 15 heavy (non-hydrogen) atoms. The monoisotopic (exact) mass is 202 g/mol. The Morgan fingerprint density at radius 3 is 2.73 bits per heavy atom. The Bertz CT molecular complexity index is 550. The molecule has 1 aromatic carbocycles. The van der Waals surface area contributed by atoms with Gasteiger partial charge in [0.2, 0.25) is 0 Å². The smallest absolute Gasteiger partial charge is 0.196 e. The van der Waals surface area contributed by atoms with Crippen LogP contribution in [0.25, 0.3) is 10.9 Å². The fraction of sp³-hybridized carbons (Fsp3) is 0.182. The van der Waals surface area contributed by atoms with Gasteiger partial charge in [0, 0.05) is 24.1 Å². The van der Waals surface area contributed by atoms with E-state index < -0.39 is 0 Å². The first-order chi connectivity index (χ1) is 7.08. The van der Waals surface area contributed by atoms with Gasteiger partial charge in [-0.05, 0) is 19.1 Å². The summed E-state index contributed by atoms with van der Waals surface area (Å²) in [5.41, 5.74) is 1.33. The average Bonchev–Trinajstić information content (AvgIpc) is 2.16. The number of Topliss-reactive ketones (excluding diaryl/α,β-unsaturated/α-hetero) is 1. The number of aromatic nitrogens is 2. The number of aromatic hydroxyl groups is 1. The number of benzene rings is 1. The number of carbonyl (C=O) groups excluding carboxylic acids is 1. The van der Waals surface area contributed by atoms with Crippen LogP contribution in [0, 0.1) is 6.92 Å². The number of phenols is 1. The maximum Gasteiger partial charge on any atom is 0.196 e. The van der Waals surface area contributed by atoms with Gasteiger partial charge < -0.3 is 5.11 Å². The minimum Gasteiger partial charge on any atom is -0.508 e. The normalized spacial score (nSPS) is 10.5. The van der Waals surface area contributed by atoms with Crippen molar-refractivity contribution in [2.45, 2.75) is 13.8 Å². The Balaban J connectivity index is 2.79. The number of nitrogens with zero attached hydrogens (tertiary/aromatic N) is 2. The SMILES string of the molecule is CC(=O)c1nc(C)c2ccc(O)cc2n1. The van der Waals surface area contributed by atoms with Crippen LogP contribution in [-0.2, 0) is 0 Å². The van der Waals surface area contributed by atoms with E-state index in [1.165, 1.54) is 13.0 Å². The predicted molar refractivity (Wildman–Crippen MR) is 55.9 cm³/mol. The molecule has 0 saturated heterocycles. The molecule has 1 heterocycles. The van der Waals surface area contributed by atoms with Crippen molar-refractivity contribution in [1.82, 2.24) is 9.97 Å². The molecule has 0 spiro atoms. The van der Waals surface area contributed by atoms with E-state index in [0.29, 0.717) is 5.52 Å². The van der Waals surface area contributed by atoms with E-state index in [4.69, 9.17) is 0 Å². The van der Waals surface area contributed by atoms with Gasteiger partial charge in [0.1, 0.15) is 5.75 Å². The Morgan fingerprint density at radius 1 is 1.33 bits per heavy atom. The van der Waals surface area contributed by atoms with Gasteiger partial charge in [0.25, 0.3) is 0 Å². The molecule has 2 aromatic rings. The minimum atomic E-state index is -0.177. The van der Waals surface area contributed by atoms with E-state index in [2.05, 4.69) is 9.97 Å². The lowest BCUT2D eigenvalue weighted by Gasteiger charge is -2.03. The van der Waals surface area contributed by atoms with Crippen molar-refractivity contribution >= 4 is 16.7 Å². The lowest BCUT2D eigenvalue weighted by atomic mass is 10.2. The Hall–Kier alpha value is -1.97. The second kappa shape index (κ2) is 3.31. The highest BCUT2D eigenvalue weighted by molar-refractivity contribution is 5.93. The molecule has 1 N–H and O–H groups in total. The molecule has 4 heteroatoms. The van der Waals surface area contributed by atoms with Crippen molar-refractivity contribution in [3.8, 4) is 5.75 Å². The summed E-state index contributed by atoms with van der Waals surface area (Å²) in [4.78, 5) is 19.3. The van der Waals surface area contributed by atoms with Crippen LogP contribution in [0.2, 0.25) is 0 Å². The lowest BCUT2D eigenvalue weighted by molar-refractivity contribution is 0.100. The first kappa shape index (κ1) is 9.58. The number of ketones is 1. The van der Waals surface area contributed by atoms with E-state index >= 15 is 0 Å². The maximum absolute atomic E-state index is 11.1. The molecule has 0 aliphatic carbocycles. The van der Waals surface area contributed by atoms with E-state index in [9.17, 15) is 9.90 Å². The second-order valence-corrected chi connectivity index (χ2v) is 3.39. The number of rotatable bonds is 1. The third kappa shape index (κ3) is 1.66. The van der Waals surface area contributed by atoms with Crippen molar-refractivity contribution in [1.29, 1.82) is 0 Å². The molecule has 2 rings (SSSR count). The van der Waals surface area contributed by atoms with Gasteiger partial charge >= 0.3 is 0 Å². The fourth-order valence-electron chi connectivity index (χ4n) is 1.43. The number of hydrogen-bond donors (Lipinski definition) is 1. The van der Waals surface area contributed by atoms with Crippen LogP contribution in [0.1, 0.15) is 23.2 Å². The third-order valence-corrected chi connectivity index (χ3v) is 2.19. The molecule has 0 aliphatic rings. The highest BCUT2D eigenvalue weighted by Gasteiger charge is 2.08. The summed E-state index contributed by atoms with van der Waals surface area (Å²) in [6.07, 6.45) is 0. The maximum atomic E-state index is 11.1.